The van der Waals surface area contributed by atoms with E-state index in [0.717, 1.165) is 5.56 Å². The van der Waals surface area contributed by atoms with E-state index in [-0.39, 0.29) is 0 Å². The van der Waals surface area contributed by atoms with Gasteiger partial charge >= 0.3 is 6.09 Å². The first-order chi connectivity index (χ1) is 9.31. The number of rotatable bonds is 3. The molecule has 1 aromatic rings. The second-order valence-corrected chi connectivity index (χ2v) is 5.95. The lowest BCUT2D eigenvalue weighted by Crippen LogP contribution is -2.63. The smallest absolute Gasteiger partial charge is 0.408 e. The summed E-state index contributed by atoms with van der Waals surface area (Å²) >= 11 is 0. The highest BCUT2D eigenvalue weighted by Crippen LogP contribution is 2.47. The number of benzene rings is 1. The number of primary amides is 1. The van der Waals surface area contributed by atoms with Crippen LogP contribution in [0.5, 0.6) is 0 Å². The fourth-order valence-electron chi connectivity index (χ4n) is 3.19. The average molecular weight is 276 g/mol. The number of likely N-dealkylation sites (tertiary alicyclic amines) is 1. The Labute approximate surface area is 118 Å². The van der Waals surface area contributed by atoms with Gasteiger partial charge in [0.25, 0.3) is 0 Å². The van der Waals surface area contributed by atoms with Crippen LogP contribution in [0.4, 0.5) is 4.79 Å². The van der Waals surface area contributed by atoms with E-state index in [0.29, 0.717) is 19.4 Å². The van der Waals surface area contributed by atoms with Crippen molar-refractivity contribution in [1.82, 2.24) is 4.90 Å². The summed E-state index contributed by atoms with van der Waals surface area (Å²) in [5.41, 5.74) is 4.86. The van der Waals surface area contributed by atoms with Gasteiger partial charge < -0.3 is 10.8 Å². The largest absolute Gasteiger partial charge is 0.465 e. The summed E-state index contributed by atoms with van der Waals surface area (Å²) in [5.74, 6) is -0.578. The first kappa shape index (κ1) is 14.4. The molecule has 0 aliphatic carbocycles. The van der Waals surface area contributed by atoms with Crippen molar-refractivity contribution in [2.45, 2.75) is 32.2 Å². The molecule has 5 nitrogen and oxygen atoms in total. The van der Waals surface area contributed by atoms with Crippen molar-refractivity contribution in [3.63, 3.8) is 0 Å². The van der Waals surface area contributed by atoms with Crippen molar-refractivity contribution in [2.75, 3.05) is 6.54 Å². The van der Waals surface area contributed by atoms with Gasteiger partial charge in [-0.25, -0.2) is 4.79 Å². The highest BCUT2D eigenvalue weighted by atomic mass is 16.4. The molecule has 5 heteroatoms. The summed E-state index contributed by atoms with van der Waals surface area (Å²) in [6.45, 7) is 4.14. The lowest BCUT2D eigenvalue weighted by atomic mass is 9.69. The topological polar surface area (TPSA) is 83.6 Å². The Bertz CT molecular complexity index is 527. The van der Waals surface area contributed by atoms with Crippen LogP contribution in [0.25, 0.3) is 0 Å². The van der Waals surface area contributed by atoms with Crippen molar-refractivity contribution in [3.05, 3.63) is 35.9 Å². The van der Waals surface area contributed by atoms with E-state index in [1.807, 2.05) is 44.2 Å². The number of carboxylic acid groups (broad SMARTS) is 1. The summed E-state index contributed by atoms with van der Waals surface area (Å²) in [6.07, 6.45) is -0.164. The SMILES string of the molecule is CC1(C)CCN(C(=O)O)[C@@]1(Cc1ccccc1)C(N)=O. The summed E-state index contributed by atoms with van der Waals surface area (Å²) < 4.78 is 0. The number of carbonyl (C=O) groups is 2. The molecule has 20 heavy (non-hydrogen) atoms. The Morgan fingerprint density at radius 2 is 1.90 bits per heavy atom. The summed E-state index contributed by atoms with van der Waals surface area (Å²) in [5, 5.41) is 9.43. The summed E-state index contributed by atoms with van der Waals surface area (Å²) in [6, 6.07) is 9.40. The van der Waals surface area contributed by atoms with Gasteiger partial charge in [-0.15, -0.1) is 0 Å². The number of amides is 2. The van der Waals surface area contributed by atoms with Crippen LogP contribution in [-0.2, 0) is 11.2 Å². The third-order valence-corrected chi connectivity index (χ3v) is 4.48. The second-order valence-electron chi connectivity index (χ2n) is 5.95. The van der Waals surface area contributed by atoms with Crippen molar-refractivity contribution in [2.24, 2.45) is 11.1 Å². The van der Waals surface area contributed by atoms with Gasteiger partial charge in [0.05, 0.1) is 0 Å². The van der Waals surface area contributed by atoms with Gasteiger partial charge in [-0.2, -0.15) is 0 Å². The average Bonchev–Trinajstić information content (AvgIpc) is 2.63. The van der Waals surface area contributed by atoms with E-state index in [2.05, 4.69) is 0 Å². The zero-order valence-corrected chi connectivity index (χ0v) is 11.8. The number of hydrogen-bond donors (Lipinski definition) is 2. The lowest BCUT2D eigenvalue weighted by molar-refractivity contribution is -0.132. The molecule has 0 aromatic heterocycles. The molecule has 3 N–H and O–H groups in total. The molecule has 108 valence electrons. The highest BCUT2D eigenvalue weighted by Gasteiger charge is 2.59. The van der Waals surface area contributed by atoms with E-state index in [1.54, 1.807) is 0 Å². The van der Waals surface area contributed by atoms with Crippen LogP contribution in [0.2, 0.25) is 0 Å². The lowest BCUT2D eigenvalue weighted by Gasteiger charge is -2.43. The summed E-state index contributed by atoms with van der Waals surface area (Å²) in [4.78, 5) is 24.9. The molecule has 1 fully saturated rings. The van der Waals surface area contributed by atoms with Gasteiger partial charge in [-0.1, -0.05) is 44.2 Å². The maximum Gasteiger partial charge on any atom is 0.408 e. The number of carbonyl (C=O) groups excluding carboxylic acids is 1. The molecule has 2 amide bonds. The molecule has 0 spiro atoms. The molecular formula is C15H20N2O3. The van der Waals surface area contributed by atoms with E-state index in [4.69, 9.17) is 5.73 Å². The third-order valence-electron chi connectivity index (χ3n) is 4.48. The zero-order valence-electron chi connectivity index (χ0n) is 11.8. The third kappa shape index (κ3) is 2.03. The van der Waals surface area contributed by atoms with E-state index in [9.17, 15) is 14.7 Å². The molecule has 1 aromatic carbocycles. The molecule has 1 aliphatic heterocycles. The highest BCUT2D eigenvalue weighted by molar-refractivity contribution is 5.90. The zero-order chi connectivity index (χ0) is 15.0. The minimum Gasteiger partial charge on any atom is -0.465 e. The van der Waals surface area contributed by atoms with Crippen LogP contribution in [-0.4, -0.2) is 34.1 Å². The molecule has 0 unspecified atom stereocenters. The van der Waals surface area contributed by atoms with Crippen LogP contribution in [0.1, 0.15) is 25.8 Å². The van der Waals surface area contributed by atoms with Crippen LogP contribution in [0.15, 0.2) is 30.3 Å². The Kier molecular flexibility index (Phi) is 3.46. The van der Waals surface area contributed by atoms with Crippen LogP contribution < -0.4 is 5.73 Å². The molecule has 0 radical (unpaired) electrons. The van der Waals surface area contributed by atoms with E-state index >= 15 is 0 Å². The fraction of sp³-hybridized carbons (Fsp3) is 0.467. The molecule has 1 aliphatic rings. The molecule has 2 rings (SSSR count). The number of nitrogens with zero attached hydrogens (tertiary/aromatic N) is 1. The molecule has 1 heterocycles. The number of hydrogen-bond acceptors (Lipinski definition) is 2. The maximum atomic E-state index is 12.2. The second kappa shape index (κ2) is 4.81. The monoisotopic (exact) mass is 276 g/mol. The summed E-state index contributed by atoms with van der Waals surface area (Å²) in [7, 11) is 0. The Hall–Kier alpha value is -2.04. The van der Waals surface area contributed by atoms with Gasteiger partial charge in [-0.05, 0) is 17.4 Å². The minimum atomic E-state index is -1.19. The predicted molar refractivity (Wildman–Crippen MR) is 75.2 cm³/mol. The van der Waals surface area contributed by atoms with E-state index < -0.39 is 23.0 Å². The quantitative estimate of drug-likeness (QED) is 0.883. The van der Waals surface area contributed by atoms with E-state index in [1.165, 1.54) is 4.90 Å². The van der Waals surface area contributed by atoms with Gasteiger partial charge in [-0.3, -0.25) is 9.69 Å². The van der Waals surface area contributed by atoms with Gasteiger partial charge in [0.1, 0.15) is 5.54 Å². The first-order valence-electron chi connectivity index (χ1n) is 6.66. The van der Waals surface area contributed by atoms with Crippen molar-refractivity contribution >= 4 is 12.0 Å². The molecular weight excluding hydrogens is 256 g/mol. The molecule has 0 saturated carbocycles. The van der Waals surface area contributed by atoms with Gasteiger partial charge in [0.15, 0.2) is 0 Å². The molecule has 1 saturated heterocycles. The van der Waals surface area contributed by atoms with Crippen molar-refractivity contribution in [3.8, 4) is 0 Å². The molecule has 1 atom stereocenters. The Morgan fingerprint density at radius 3 is 2.40 bits per heavy atom. The van der Waals surface area contributed by atoms with Crippen LogP contribution >= 0.6 is 0 Å². The Balaban J connectivity index is 2.51. The van der Waals surface area contributed by atoms with Crippen molar-refractivity contribution in [1.29, 1.82) is 0 Å². The van der Waals surface area contributed by atoms with Crippen LogP contribution in [0, 0.1) is 5.41 Å². The normalized spacial score (nSPS) is 24.6. The van der Waals surface area contributed by atoms with Gasteiger partial charge in [0.2, 0.25) is 5.91 Å². The standard InChI is InChI=1S/C15H20N2O3/c1-14(2)8-9-17(13(19)20)15(14,12(16)18)10-11-6-4-3-5-7-11/h3-7H,8-10H2,1-2H3,(H2,16,18)(H,19,20)/t15-/m0/s1. The fourth-order valence-corrected chi connectivity index (χ4v) is 3.19. The molecule has 0 bridgehead atoms. The minimum absolute atomic E-state index is 0.308. The van der Waals surface area contributed by atoms with Crippen molar-refractivity contribution < 1.29 is 14.7 Å². The number of nitrogens with two attached hydrogens (primary N) is 1. The van der Waals surface area contributed by atoms with Gasteiger partial charge in [0, 0.05) is 13.0 Å². The first-order valence-corrected chi connectivity index (χ1v) is 6.66. The Morgan fingerprint density at radius 1 is 1.30 bits per heavy atom. The predicted octanol–water partition coefficient (Wildman–Crippen LogP) is 1.86. The van der Waals surface area contributed by atoms with Crippen LogP contribution in [0.3, 0.4) is 0 Å². The maximum absolute atomic E-state index is 12.2.